The van der Waals surface area contributed by atoms with Gasteiger partial charge in [0.15, 0.2) is 0 Å². The Morgan fingerprint density at radius 1 is 1.23 bits per heavy atom. The highest BCUT2D eigenvalue weighted by Crippen LogP contribution is 2.39. The molecule has 0 amide bonds. The van der Waals surface area contributed by atoms with E-state index in [1.165, 1.54) is 0 Å². The van der Waals surface area contributed by atoms with Gasteiger partial charge in [0.25, 0.3) is 0 Å². The first-order chi connectivity index (χ1) is 5.72. The van der Waals surface area contributed by atoms with Gasteiger partial charge in [-0.3, -0.25) is 4.52 Å². The van der Waals surface area contributed by atoms with Crippen LogP contribution in [-0.2, 0) is 9.09 Å². The molecule has 0 heterocycles. The Morgan fingerprint density at radius 3 is 2.00 bits per heavy atom. The molecule has 0 aromatic carbocycles. The molecule has 0 aromatic heterocycles. The monoisotopic (exact) mass is 210 g/mol. The van der Waals surface area contributed by atoms with Gasteiger partial charge in [-0.15, -0.1) is 0 Å². The van der Waals surface area contributed by atoms with Crippen LogP contribution in [0.5, 0.6) is 0 Å². The molecule has 0 bridgehead atoms. The van der Waals surface area contributed by atoms with E-state index in [4.69, 9.17) is 9.79 Å². The van der Waals surface area contributed by atoms with E-state index in [-0.39, 0.29) is 5.92 Å². The SMILES string of the molecule is CC(C)CC(C)C(C)OP(=O)(O)O. The van der Waals surface area contributed by atoms with E-state index >= 15 is 0 Å². The molecule has 5 heteroatoms. The third kappa shape index (κ3) is 7.20. The summed E-state index contributed by atoms with van der Waals surface area (Å²) in [5.74, 6) is 0.672. The topological polar surface area (TPSA) is 66.8 Å². The minimum atomic E-state index is -4.32. The average molecular weight is 210 g/mol. The number of rotatable bonds is 5. The summed E-state index contributed by atoms with van der Waals surface area (Å²) in [6, 6.07) is 0. The Balaban J connectivity index is 3.96. The largest absolute Gasteiger partial charge is 0.469 e. The fourth-order valence-corrected chi connectivity index (χ4v) is 1.90. The van der Waals surface area contributed by atoms with Crippen molar-refractivity contribution in [3.05, 3.63) is 0 Å². The molecular weight excluding hydrogens is 191 g/mol. The number of phosphoric acid groups is 1. The van der Waals surface area contributed by atoms with E-state index in [9.17, 15) is 4.57 Å². The summed E-state index contributed by atoms with van der Waals surface area (Å²) in [7, 11) is -4.32. The second kappa shape index (κ2) is 5.11. The van der Waals surface area contributed by atoms with Gasteiger partial charge in [-0.05, 0) is 25.2 Å². The lowest BCUT2D eigenvalue weighted by Gasteiger charge is -2.21. The second-order valence-electron chi connectivity index (χ2n) is 3.91. The second-order valence-corrected chi connectivity index (χ2v) is 5.10. The highest BCUT2D eigenvalue weighted by atomic mass is 31.2. The van der Waals surface area contributed by atoms with Gasteiger partial charge in [-0.25, -0.2) is 4.57 Å². The minimum Gasteiger partial charge on any atom is -0.303 e. The molecule has 2 N–H and O–H groups in total. The summed E-state index contributed by atoms with van der Waals surface area (Å²) in [4.78, 5) is 17.1. The molecule has 80 valence electrons. The van der Waals surface area contributed by atoms with Gasteiger partial charge in [0.05, 0.1) is 6.10 Å². The van der Waals surface area contributed by atoms with Crippen molar-refractivity contribution in [3.63, 3.8) is 0 Å². The lowest BCUT2D eigenvalue weighted by molar-refractivity contribution is 0.0987. The fraction of sp³-hybridized carbons (Fsp3) is 1.00. The molecule has 2 unspecified atom stereocenters. The Kier molecular flexibility index (Phi) is 5.15. The molecular formula is C8H19O4P. The molecule has 0 aliphatic carbocycles. The first-order valence-corrected chi connectivity index (χ1v) is 5.99. The van der Waals surface area contributed by atoms with Gasteiger partial charge in [0.2, 0.25) is 0 Å². The van der Waals surface area contributed by atoms with E-state index < -0.39 is 13.9 Å². The zero-order chi connectivity index (χ0) is 10.6. The Labute approximate surface area is 79.5 Å². The third-order valence-corrected chi connectivity index (χ3v) is 2.56. The number of phosphoric ester groups is 1. The molecule has 0 aromatic rings. The molecule has 0 fully saturated rings. The van der Waals surface area contributed by atoms with Crippen molar-refractivity contribution in [1.29, 1.82) is 0 Å². The van der Waals surface area contributed by atoms with Crippen LogP contribution in [0.25, 0.3) is 0 Å². The molecule has 0 aliphatic rings. The van der Waals surface area contributed by atoms with Crippen molar-refractivity contribution >= 4 is 7.82 Å². The van der Waals surface area contributed by atoms with Crippen LogP contribution in [0.1, 0.15) is 34.1 Å². The maximum atomic E-state index is 10.5. The predicted molar refractivity (Wildman–Crippen MR) is 51.2 cm³/mol. The summed E-state index contributed by atoms with van der Waals surface area (Å²) in [5, 5.41) is 0. The fourth-order valence-electron chi connectivity index (χ4n) is 1.26. The normalized spacial score (nSPS) is 17.5. The van der Waals surface area contributed by atoms with Crippen LogP contribution < -0.4 is 0 Å². The molecule has 0 saturated carbocycles. The smallest absolute Gasteiger partial charge is 0.303 e. The van der Waals surface area contributed by atoms with E-state index in [0.717, 1.165) is 6.42 Å². The van der Waals surface area contributed by atoms with Crippen LogP contribution in [-0.4, -0.2) is 15.9 Å². The van der Waals surface area contributed by atoms with Crippen LogP contribution in [0.4, 0.5) is 0 Å². The molecule has 0 spiro atoms. The van der Waals surface area contributed by atoms with Crippen molar-refractivity contribution in [2.24, 2.45) is 11.8 Å². The number of hydrogen-bond acceptors (Lipinski definition) is 2. The summed E-state index contributed by atoms with van der Waals surface area (Å²) in [6.45, 7) is 7.76. The maximum Gasteiger partial charge on any atom is 0.469 e. The molecule has 0 saturated heterocycles. The Morgan fingerprint density at radius 2 is 1.69 bits per heavy atom. The van der Waals surface area contributed by atoms with E-state index in [2.05, 4.69) is 18.4 Å². The molecule has 0 rings (SSSR count). The zero-order valence-electron chi connectivity index (χ0n) is 8.60. The van der Waals surface area contributed by atoms with Gasteiger partial charge in [-0.2, -0.15) is 0 Å². The summed E-state index contributed by atoms with van der Waals surface area (Å²) < 4.78 is 15.1. The Hall–Kier alpha value is 0.110. The quantitative estimate of drug-likeness (QED) is 0.682. The van der Waals surface area contributed by atoms with Crippen LogP contribution >= 0.6 is 7.82 Å². The van der Waals surface area contributed by atoms with Gasteiger partial charge < -0.3 is 9.79 Å². The summed E-state index contributed by atoms with van der Waals surface area (Å²) in [5.41, 5.74) is 0. The van der Waals surface area contributed by atoms with Crippen molar-refractivity contribution in [1.82, 2.24) is 0 Å². The van der Waals surface area contributed by atoms with Crippen LogP contribution in [0.15, 0.2) is 0 Å². The molecule has 13 heavy (non-hydrogen) atoms. The zero-order valence-corrected chi connectivity index (χ0v) is 9.49. The van der Waals surface area contributed by atoms with Crippen LogP contribution in [0.2, 0.25) is 0 Å². The summed E-state index contributed by atoms with van der Waals surface area (Å²) >= 11 is 0. The lowest BCUT2D eigenvalue weighted by atomic mass is 9.95. The standard InChI is InChI=1S/C8H19O4P/c1-6(2)5-7(3)8(4)12-13(9,10)11/h6-8H,5H2,1-4H3,(H2,9,10,11). The predicted octanol–water partition coefficient (Wildman–Crippen LogP) is 2.17. The highest BCUT2D eigenvalue weighted by molar-refractivity contribution is 7.46. The van der Waals surface area contributed by atoms with E-state index in [1.807, 2.05) is 6.92 Å². The van der Waals surface area contributed by atoms with Gasteiger partial charge >= 0.3 is 7.82 Å². The van der Waals surface area contributed by atoms with Crippen molar-refractivity contribution in [2.45, 2.75) is 40.2 Å². The molecule has 0 radical (unpaired) electrons. The first kappa shape index (κ1) is 13.1. The van der Waals surface area contributed by atoms with Crippen molar-refractivity contribution < 1.29 is 18.9 Å². The van der Waals surface area contributed by atoms with Gasteiger partial charge in [0, 0.05) is 0 Å². The molecule has 0 aliphatic heterocycles. The van der Waals surface area contributed by atoms with Crippen molar-refractivity contribution in [3.8, 4) is 0 Å². The van der Waals surface area contributed by atoms with Gasteiger partial charge in [0.1, 0.15) is 0 Å². The first-order valence-electron chi connectivity index (χ1n) is 4.46. The summed E-state index contributed by atoms with van der Waals surface area (Å²) in [6.07, 6.45) is 0.504. The molecule has 4 nitrogen and oxygen atoms in total. The lowest BCUT2D eigenvalue weighted by Crippen LogP contribution is -2.18. The number of hydrogen-bond donors (Lipinski definition) is 2. The van der Waals surface area contributed by atoms with Crippen molar-refractivity contribution in [2.75, 3.05) is 0 Å². The van der Waals surface area contributed by atoms with Gasteiger partial charge in [-0.1, -0.05) is 20.8 Å². The van der Waals surface area contributed by atoms with E-state index in [0.29, 0.717) is 5.92 Å². The Bertz CT molecular complexity index is 187. The maximum absolute atomic E-state index is 10.5. The third-order valence-electron chi connectivity index (χ3n) is 1.95. The average Bonchev–Trinajstić information content (AvgIpc) is 1.81. The van der Waals surface area contributed by atoms with Crippen LogP contribution in [0.3, 0.4) is 0 Å². The minimum absolute atomic E-state index is 0.160. The molecule has 2 atom stereocenters. The highest BCUT2D eigenvalue weighted by Gasteiger charge is 2.23. The van der Waals surface area contributed by atoms with E-state index in [1.54, 1.807) is 6.92 Å². The van der Waals surface area contributed by atoms with Crippen LogP contribution in [0, 0.1) is 11.8 Å².